The van der Waals surface area contributed by atoms with Crippen LogP contribution >= 0.6 is 0 Å². The number of hydrogen-bond donors (Lipinski definition) is 2. The monoisotopic (exact) mass is 234 g/mol. The minimum atomic E-state index is -0.435. The molecule has 1 aromatic rings. The van der Waals surface area contributed by atoms with E-state index in [4.69, 9.17) is 5.73 Å². The van der Waals surface area contributed by atoms with E-state index in [-0.39, 0.29) is 5.91 Å². The third-order valence-electron chi connectivity index (χ3n) is 2.92. The Morgan fingerprint density at radius 2 is 2.00 bits per heavy atom. The van der Waals surface area contributed by atoms with Crippen LogP contribution in [-0.4, -0.2) is 11.9 Å². The van der Waals surface area contributed by atoms with Gasteiger partial charge in [0.25, 0.3) is 0 Å². The van der Waals surface area contributed by atoms with Crippen LogP contribution in [0.3, 0.4) is 0 Å². The van der Waals surface area contributed by atoms with Gasteiger partial charge in [-0.15, -0.1) is 0 Å². The molecule has 0 spiro atoms. The fourth-order valence-electron chi connectivity index (χ4n) is 1.73. The summed E-state index contributed by atoms with van der Waals surface area (Å²) in [5.41, 5.74) is 8.96. The highest BCUT2D eigenvalue weighted by atomic mass is 16.2. The molecule has 0 radical (unpaired) electrons. The maximum Gasteiger partial charge on any atom is 0.241 e. The zero-order valence-corrected chi connectivity index (χ0v) is 11.1. The first-order valence-corrected chi connectivity index (χ1v) is 6.04. The van der Waals surface area contributed by atoms with Gasteiger partial charge in [0.2, 0.25) is 5.91 Å². The predicted octanol–water partition coefficient (Wildman–Crippen LogP) is 2.62. The molecule has 0 unspecified atom stereocenters. The average Bonchev–Trinajstić information content (AvgIpc) is 2.23. The van der Waals surface area contributed by atoms with Crippen molar-refractivity contribution in [2.24, 2.45) is 11.7 Å². The van der Waals surface area contributed by atoms with Crippen LogP contribution in [0.1, 0.15) is 31.4 Å². The lowest BCUT2D eigenvalue weighted by Gasteiger charge is -2.16. The number of aryl methyl sites for hydroxylation is 1. The Hall–Kier alpha value is -1.35. The second kappa shape index (κ2) is 5.82. The van der Waals surface area contributed by atoms with Crippen molar-refractivity contribution in [3.63, 3.8) is 0 Å². The summed E-state index contributed by atoms with van der Waals surface area (Å²) in [6.07, 6.45) is 0.705. The van der Waals surface area contributed by atoms with E-state index in [2.05, 4.69) is 19.2 Å². The maximum atomic E-state index is 11.9. The van der Waals surface area contributed by atoms with Gasteiger partial charge < -0.3 is 11.1 Å². The predicted molar refractivity (Wildman–Crippen MR) is 72.0 cm³/mol. The number of rotatable bonds is 4. The number of amides is 1. The number of anilines is 1. The molecule has 94 valence electrons. The van der Waals surface area contributed by atoms with Crippen molar-refractivity contribution in [1.82, 2.24) is 0 Å². The quantitative estimate of drug-likeness (QED) is 0.841. The fraction of sp³-hybridized carbons (Fsp3) is 0.500. The molecule has 0 aliphatic carbocycles. The molecule has 3 heteroatoms. The van der Waals surface area contributed by atoms with Gasteiger partial charge >= 0.3 is 0 Å². The van der Waals surface area contributed by atoms with Gasteiger partial charge in [-0.1, -0.05) is 26.0 Å². The van der Waals surface area contributed by atoms with E-state index in [1.165, 1.54) is 5.56 Å². The first-order valence-electron chi connectivity index (χ1n) is 6.04. The van der Waals surface area contributed by atoms with Gasteiger partial charge in [0.1, 0.15) is 0 Å². The van der Waals surface area contributed by atoms with Gasteiger partial charge in [0.15, 0.2) is 0 Å². The van der Waals surface area contributed by atoms with Gasteiger partial charge in [0, 0.05) is 5.69 Å². The fourth-order valence-corrected chi connectivity index (χ4v) is 1.73. The molecule has 1 atom stereocenters. The number of nitrogens with one attached hydrogen (secondary N) is 1. The smallest absolute Gasteiger partial charge is 0.241 e. The standard InChI is InChI=1S/C14H22N2O/c1-9(2)8-12(15)14(17)16-13-7-5-6-10(3)11(13)4/h5-7,9,12H,8,15H2,1-4H3,(H,16,17)/t12-/m0/s1. The molecule has 0 aromatic heterocycles. The number of carbonyl (C=O) groups excluding carboxylic acids is 1. The van der Waals surface area contributed by atoms with E-state index in [0.717, 1.165) is 11.3 Å². The Labute approximate surface area is 103 Å². The molecule has 0 fully saturated rings. The Balaban J connectivity index is 2.71. The van der Waals surface area contributed by atoms with Crippen molar-refractivity contribution in [1.29, 1.82) is 0 Å². The van der Waals surface area contributed by atoms with Crippen LogP contribution in [0.5, 0.6) is 0 Å². The van der Waals surface area contributed by atoms with Crippen LogP contribution in [0, 0.1) is 19.8 Å². The Morgan fingerprint density at radius 3 is 2.59 bits per heavy atom. The summed E-state index contributed by atoms with van der Waals surface area (Å²) in [4.78, 5) is 11.9. The Bertz CT molecular complexity index is 399. The summed E-state index contributed by atoms with van der Waals surface area (Å²) >= 11 is 0. The second-order valence-electron chi connectivity index (χ2n) is 4.97. The molecule has 0 saturated heterocycles. The average molecular weight is 234 g/mol. The minimum Gasteiger partial charge on any atom is -0.324 e. The lowest BCUT2D eigenvalue weighted by Crippen LogP contribution is -2.36. The van der Waals surface area contributed by atoms with Gasteiger partial charge in [-0.3, -0.25) is 4.79 Å². The SMILES string of the molecule is Cc1cccc(NC(=O)[C@@H](N)CC(C)C)c1C. The molecule has 0 aliphatic heterocycles. The zero-order chi connectivity index (χ0) is 13.0. The van der Waals surface area contributed by atoms with E-state index < -0.39 is 6.04 Å². The lowest BCUT2D eigenvalue weighted by molar-refractivity contribution is -0.117. The normalized spacial score (nSPS) is 12.6. The second-order valence-corrected chi connectivity index (χ2v) is 4.97. The van der Waals surface area contributed by atoms with Crippen molar-refractivity contribution in [3.8, 4) is 0 Å². The van der Waals surface area contributed by atoms with Crippen molar-refractivity contribution in [2.75, 3.05) is 5.32 Å². The van der Waals surface area contributed by atoms with E-state index >= 15 is 0 Å². The molecule has 1 rings (SSSR count). The number of benzene rings is 1. The molecule has 3 N–H and O–H groups in total. The molecule has 0 heterocycles. The van der Waals surface area contributed by atoms with E-state index in [1.807, 2.05) is 32.0 Å². The van der Waals surface area contributed by atoms with Gasteiger partial charge in [-0.05, 0) is 43.4 Å². The summed E-state index contributed by atoms with van der Waals surface area (Å²) in [5.74, 6) is 0.321. The molecule has 0 bridgehead atoms. The molecule has 0 saturated carbocycles. The van der Waals surface area contributed by atoms with E-state index in [0.29, 0.717) is 12.3 Å². The summed E-state index contributed by atoms with van der Waals surface area (Å²) in [6, 6.07) is 5.43. The Morgan fingerprint density at radius 1 is 1.35 bits per heavy atom. The van der Waals surface area contributed by atoms with Crippen LogP contribution in [0.25, 0.3) is 0 Å². The molecular weight excluding hydrogens is 212 g/mol. The van der Waals surface area contributed by atoms with Crippen LogP contribution in [-0.2, 0) is 4.79 Å². The first-order chi connectivity index (χ1) is 7.91. The van der Waals surface area contributed by atoms with Crippen molar-refractivity contribution >= 4 is 11.6 Å². The van der Waals surface area contributed by atoms with Gasteiger partial charge in [0.05, 0.1) is 6.04 Å². The summed E-state index contributed by atoms with van der Waals surface area (Å²) in [6.45, 7) is 8.15. The molecule has 0 aliphatic rings. The van der Waals surface area contributed by atoms with Crippen LogP contribution in [0.2, 0.25) is 0 Å². The van der Waals surface area contributed by atoms with Gasteiger partial charge in [-0.2, -0.15) is 0 Å². The molecule has 3 nitrogen and oxygen atoms in total. The van der Waals surface area contributed by atoms with Crippen LogP contribution in [0.4, 0.5) is 5.69 Å². The van der Waals surface area contributed by atoms with Crippen molar-refractivity contribution in [3.05, 3.63) is 29.3 Å². The van der Waals surface area contributed by atoms with Crippen molar-refractivity contribution < 1.29 is 4.79 Å². The third kappa shape index (κ3) is 3.86. The first kappa shape index (κ1) is 13.7. The molecule has 1 aromatic carbocycles. The van der Waals surface area contributed by atoms with Gasteiger partial charge in [-0.25, -0.2) is 0 Å². The topological polar surface area (TPSA) is 55.1 Å². The molecular formula is C14H22N2O. The maximum absolute atomic E-state index is 11.9. The third-order valence-corrected chi connectivity index (χ3v) is 2.92. The highest BCUT2D eigenvalue weighted by Crippen LogP contribution is 2.18. The molecule has 17 heavy (non-hydrogen) atoms. The lowest BCUT2D eigenvalue weighted by atomic mass is 10.0. The highest BCUT2D eigenvalue weighted by molar-refractivity contribution is 5.95. The Kier molecular flexibility index (Phi) is 4.70. The summed E-state index contributed by atoms with van der Waals surface area (Å²) in [5, 5.41) is 2.89. The zero-order valence-electron chi connectivity index (χ0n) is 11.1. The highest BCUT2D eigenvalue weighted by Gasteiger charge is 2.15. The van der Waals surface area contributed by atoms with E-state index in [1.54, 1.807) is 0 Å². The van der Waals surface area contributed by atoms with E-state index in [9.17, 15) is 4.79 Å². The summed E-state index contributed by atoms with van der Waals surface area (Å²) in [7, 11) is 0. The van der Waals surface area contributed by atoms with Crippen LogP contribution in [0.15, 0.2) is 18.2 Å². The number of carbonyl (C=O) groups is 1. The summed E-state index contributed by atoms with van der Waals surface area (Å²) < 4.78 is 0. The molecule has 1 amide bonds. The van der Waals surface area contributed by atoms with Crippen LogP contribution < -0.4 is 11.1 Å². The van der Waals surface area contributed by atoms with Crippen molar-refractivity contribution in [2.45, 2.75) is 40.2 Å². The number of hydrogen-bond acceptors (Lipinski definition) is 2. The minimum absolute atomic E-state index is 0.104. The number of nitrogens with two attached hydrogens (primary N) is 1. The largest absolute Gasteiger partial charge is 0.324 e.